The van der Waals surface area contributed by atoms with Crippen molar-refractivity contribution in [3.05, 3.63) is 64.1 Å². The molecule has 0 aliphatic rings. The number of carbonyl (C=O) groups is 1. The molecule has 5 heteroatoms. The molecule has 0 unspecified atom stereocenters. The van der Waals surface area contributed by atoms with Crippen LogP contribution in [0.3, 0.4) is 0 Å². The predicted molar refractivity (Wildman–Crippen MR) is 92.5 cm³/mol. The van der Waals surface area contributed by atoms with Gasteiger partial charge >= 0.3 is 0 Å². The zero-order valence-corrected chi connectivity index (χ0v) is 13.9. The Bertz CT molecular complexity index is 632. The van der Waals surface area contributed by atoms with E-state index in [-0.39, 0.29) is 5.91 Å². The van der Waals surface area contributed by atoms with Gasteiger partial charge in [0.15, 0.2) is 0 Å². The molecule has 1 N–H and O–H groups in total. The fraction of sp³-hybridized carbons (Fsp3) is 0.235. The van der Waals surface area contributed by atoms with Gasteiger partial charge in [0.2, 0.25) is 5.91 Å². The molecule has 2 aromatic carbocycles. The SMILES string of the molecule is CN(CCC(=O)Nc1ccc(Cl)cc1Cl)Cc1ccccc1. The van der Waals surface area contributed by atoms with Crippen molar-refractivity contribution < 1.29 is 4.79 Å². The number of hydrogen-bond acceptors (Lipinski definition) is 2. The summed E-state index contributed by atoms with van der Waals surface area (Å²) in [5.41, 5.74) is 1.81. The average Bonchev–Trinajstić information content (AvgIpc) is 2.49. The van der Waals surface area contributed by atoms with Crippen LogP contribution in [0.2, 0.25) is 10.0 Å². The van der Waals surface area contributed by atoms with Crippen LogP contribution < -0.4 is 5.32 Å². The van der Waals surface area contributed by atoms with E-state index in [1.54, 1.807) is 18.2 Å². The third-order valence-electron chi connectivity index (χ3n) is 3.22. The van der Waals surface area contributed by atoms with E-state index in [1.807, 2.05) is 25.2 Å². The molecule has 116 valence electrons. The van der Waals surface area contributed by atoms with Crippen molar-refractivity contribution in [3.8, 4) is 0 Å². The van der Waals surface area contributed by atoms with E-state index in [0.29, 0.717) is 28.7 Å². The normalized spacial score (nSPS) is 10.7. The maximum absolute atomic E-state index is 12.0. The Kier molecular flexibility index (Phi) is 6.25. The highest BCUT2D eigenvalue weighted by atomic mass is 35.5. The lowest BCUT2D eigenvalue weighted by atomic mass is 10.2. The van der Waals surface area contributed by atoms with Crippen molar-refractivity contribution >= 4 is 34.8 Å². The largest absolute Gasteiger partial charge is 0.325 e. The summed E-state index contributed by atoms with van der Waals surface area (Å²) < 4.78 is 0. The number of hydrogen-bond donors (Lipinski definition) is 1. The summed E-state index contributed by atoms with van der Waals surface area (Å²) in [6.45, 7) is 1.49. The first kappa shape index (κ1) is 16.8. The minimum Gasteiger partial charge on any atom is -0.325 e. The maximum Gasteiger partial charge on any atom is 0.225 e. The number of halogens is 2. The van der Waals surface area contributed by atoms with E-state index in [0.717, 1.165) is 6.54 Å². The van der Waals surface area contributed by atoms with Crippen molar-refractivity contribution in [1.29, 1.82) is 0 Å². The second kappa shape index (κ2) is 8.18. The number of benzene rings is 2. The third-order valence-corrected chi connectivity index (χ3v) is 3.77. The van der Waals surface area contributed by atoms with Crippen LogP contribution in [-0.4, -0.2) is 24.4 Å². The average molecular weight is 337 g/mol. The molecule has 0 radical (unpaired) electrons. The van der Waals surface area contributed by atoms with Gasteiger partial charge in [-0.1, -0.05) is 53.5 Å². The number of rotatable bonds is 6. The topological polar surface area (TPSA) is 32.3 Å². The molecule has 0 aromatic heterocycles. The van der Waals surface area contributed by atoms with Crippen LogP contribution in [0.15, 0.2) is 48.5 Å². The van der Waals surface area contributed by atoms with Gasteiger partial charge in [-0.25, -0.2) is 0 Å². The van der Waals surface area contributed by atoms with E-state index in [2.05, 4.69) is 22.3 Å². The third kappa shape index (κ3) is 5.34. The zero-order chi connectivity index (χ0) is 15.9. The highest BCUT2D eigenvalue weighted by Crippen LogP contribution is 2.25. The minimum atomic E-state index is -0.0656. The number of amides is 1. The second-order valence-electron chi connectivity index (χ2n) is 5.15. The lowest BCUT2D eigenvalue weighted by molar-refractivity contribution is -0.116. The molecule has 22 heavy (non-hydrogen) atoms. The first-order valence-electron chi connectivity index (χ1n) is 7.02. The van der Waals surface area contributed by atoms with Crippen LogP contribution in [0.5, 0.6) is 0 Å². The van der Waals surface area contributed by atoms with Crippen molar-refractivity contribution in [2.24, 2.45) is 0 Å². The Morgan fingerprint density at radius 2 is 1.86 bits per heavy atom. The molecule has 0 atom stereocenters. The molecule has 0 spiro atoms. The van der Waals surface area contributed by atoms with Gasteiger partial charge in [-0.15, -0.1) is 0 Å². The van der Waals surface area contributed by atoms with Crippen LogP contribution in [0.25, 0.3) is 0 Å². The van der Waals surface area contributed by atoms with Crippen LogP contribution in [-0.2, 0) is 11.3 Å². The summed E-state index contributed by atoms with van der Waals surface area (Å²) >= 11 is 11.9. The predicted octanol–water partition coefficient (Wildman–Crippen LogP) is 4.45. The molecule has 0 fully saturated rings. The number of nitrogens with zero attached hydrogens (tertiary/aromatic N) is 1. The molecule has 2 aromatic rings. The van der Waals surface area contributed by atoms with Crippen molar-refractivity contribution in [2.45, 2.75) is 13.0 Å². The highest BCUT2D eigenvalue weighted by Gasteiger charge is 2.08. The maximum atomic E-state index is 12.0. The molecule has 0 aliphatic heterocycles. The van der Waals surface area contributed by atoms with Gasteiger partial charge in [0.1, 0.15) is 0 Å². The molecule has 3 nitrogen and oxygen atoms in total. The molecule has 1 amide bonds. The lowest BCUT2D eigenvalue weighted by Gasteiger charge is -2.16. The highest BCUT2D eigenvalue weighted by molar-refractivity contribution is 6.36. The lowest BCUT2D eigenvalue weighted by Crippen LogP contribution is -2.24. The van der Waals surface area contributed by atoms with Gasteiger partial charge in [-0.05, 0) is 30.8 Å². The van der Waals surface area contributed by atoms with Gasteiger partial charge in [-0.2, -0.15) is 0 Å². The molecule has 0 bridgehead atoms. The van der Waals surface area contributed by atoms with Crippen LogP contribution >= 0.6 is 23.2 Å². The Morgan fingerprint density at radius 3 is 2.55 bits per heavy atom. The van der Waals surface area contributed by atoms with Gasteiger partial charge in [0, 0.05) is 24.5 Å². The minimum absolute atomic E-state index is 0.0656. The van der Waals surface area contributed by atoms with Crippen LogP contribution in [0.1, 0.15) is 12.0 Å². The number of anilines is 1. The summed E-state index contributed by atoms with van der Waals surface area (Å²) in [6, 6.07) is 15.2. The van der Waals surface area contributed by atoms with E-state index < -0.39 is 0 Å². The summed E-state index contributed by atoms with van der Waals surface area (Å²) in [6.07, 6.45) is 0.405. The molecule has 0 saturated carbocycles. The first-order valence-corrected chi connectivity index (χ1v) is 7.77. The van der Waals surface area contributed by atoms with Gasteiger partial charge in [0.25, 0.3) is 0 Å². The summed E-state index contributed by atoms with van der Waals surface area (Å²) in [5.74, 6) is -0.0656. The zero-order valence-electron chi connectivity index (χ0n) is 12.4. The Hall–Kier alpha value is -1.55. The Morgan fingerprint density at radius 1 is 1.14 bits per heavy atom. The number of nitrogens with one attached hydrogen (secondary N) is 1. The van der Waals surface area contributed by atoms with E-state index in [4.69, 9.17) is 23.2 Å². The molecular weight excluding hydrogens is 319 g/mol. The Balaban J connectivity index is 1.80. The number of carbonyl (C=O) groups excluding carboxylic acids is 1. The smallest absolute Gasteiger partial charge is 0.225 e. The van der Waals surface area contributed by atoms with Crippen molar-refractivity contribution in [2.75, 3.05) is 18.9 Å². The summed E-state index contributed by atoms with van der Waals surface area (Å²) in [5, 5.41) is 3.79. The van der Waals surface area contributed by atoms with E-state index in [9.17, 15) is 4.79 Å². The quantitative estimate of drug-likeness (QED) is 0.844. The molecule has 0 heterocycles. The fourth-order valence-corrected chi connectivity index (χ4v) is 2.53. The standard InChI is InChI=1S/C17H18Cl2N2O/c1-21(12-13-5-3-2-4-6-13)10-9-17(22)20-16-8-7-14(18)11-15(16)19/h2-8,11H,9-10,12H2,1H3,(H,20,22). The molecule has 2 rings (SSSR count). The molecule has 0 aliphatic carbocycles. The van der Waals surface area contributed by atoms with Gasteiger partial charge < -0.3 is 10.2 Å². The van der Waals surface area contributed by atoms with E-state index >= 15 is 0 Å². The molecule has 0 saturated heterocycles. The monoisotopic (exact) mass is 336 g/mol. The summed E-state index contributed by atoms with van der Waals surface area (Å²) in [4.78, 5) is 14.1. The second-order valence-corrected chi connectivity index (χ2v) is 5.99. The first-order chi connectivity index (χ1) is 10.5. The Labute approximate surface area is 140 Å². The van der Waals surface area contributed by atoms with Gasteiger partial charge in [-0.3, -0.25) is 4.79 Å². The van der Waals surface area contributed by atoms with Crippen molar-refractivity contribution in [1.82, 2.24) is 4.90 Å². The van der Waals surface area contributed by atoms with Crippen molar-refractivity contribution in [3.63, 3.8) is 0 Å². The van der Waals surface area contributed by atoms with Crippen LogP contribution in [0.4, 0.5) is 5.69 Å². The summed E-state index contributed by atoms with van der Waals surface area (Å²) in [7, 11) is 2.00. The van der Waals surface area contributed by atoms with E-state index in [1.165, 1.54) is 5.56 Å². The fourth-order valence-electron chi connectivity index (χ4n) is 2.07. The van der Waals surface area contributed by atoms with Gasteiger partial charge in [0.05, 0.1) is 10.7 Å². The van der Waals surface area contributed by atoms with Crippen LogP contribution in [0, 0.1) is 0 Å². The molecular formula is C17H18Cl2N2O.